The van der Waals surface area contributed by atoms with Crippen LogP contribution in [0.1, 0.15) is 39.3 Å². The van der Waals surface area contributed by atoms with Gasteiger partial charge in [-0.15, -0.1) is 0 Å². The molecule has 2 aliphatic heterocycles. The van der Waals surface area contributed by atoms with Crippen molar-refractivity contribution in [3.8, 4) is 0 Å². The fraction of sp³-hybridized carbons (Fsp3) is 0.688. The molecule has 0 aliphatic carbocycles. The number of hydrogen-bond acceptors (Lipinski definition) is 3. The standard InChI is InChI=1S/C16H22INO2/c1-11(2)16-9-14(15(3,20-16)8-13(16)17)19-10-12-6-4-5-7-18-12/h4-7,11,13-14H,8-10H2,1-3H3/t13-,14+,15-,16+/m0/s1. The molecule has 0 aromatic carbocycles. The molecule has 3 rings (SSSR count). The summed E-state index contributed by atoms with van der Waals surface area (Å²) in [6.07, 6.45) is 4.08. The Morgan fingerprint density at radius 3 is 2.85 bits per heavy atom. The Morgan fingerprint density at radius 2 is 2.25 bits per heavy atom. The van der Waals surface area contributed by atoms with E-state index in [9.17, 15) is 0 Å². The van der Waals surface area contributed by atoms with Crippen LogP contribution in [0.15, 0.2) is 24.4 Å². The van der Waals surface area contributed by atoms with Gasteiger partial charge in [0.2, 0.25) is 0 Å². The zero-order chi connectivity index (χ0) is 14.4. The Kier molecular flexibility index (Phi) is 3.84. The van der Waals surface area contributed by atoms with Crippen LogP contribution in [0.2, 0.25) is 0 Å². The summed E-state index contributed by atoms with van der Waals surface area (Å²) in [6.45, 7) is 7.31. The smallest absolute Gasteiger partial charge is 0.0935 e. The zero-order valence-corrected chi connectivity index (χ0v) is 14.5. The van der Waals surface area contributed by atoms with E-state index in [-0.39, 0.29) is 17.3 Å². The van der Waals surface area contributed by atoms with Crippen molar-refractivity contribution in [2.75, 3.05) is 0 Å². The van der Waals surface area contributed by atoms with E-state index in [4.69, 9.17) is 9.47 Å². The van der Waals surface area contributed by atoms with Gasteiger partial charge in [-0.05, 0) is 31.4 Å². The van der Waals surface area contributed by atoms with Crippen molar-refractivity contribution in [1.29, 1.82) is 0 Å². The van der Waals surface area contributed by atoms with Gasteiger partial charge in [-0.3, -0.25) is 4.98 Å². The largest absolute Gasteiger partial charge is 0.369 e. The molecular formula is C16H22INO2. The highest BCUT2D eigenvalue weighted by Crippen LogP contribution is 2.57. The van der Waals surface area contributed by atoms with E-state index >= 15 is 0 Å². The third kappa shape index (κ3) is 2.29. The lowest BCUT2D eigenvalue weighted by Crippen LogP contribution is -2.44. The van der Waals surface area contributed by atoms with E-state index in [1.807, 2.05) is 24.4 Å². The third-order valence-corrected chi connectivity index (χ3v) is 6.35. The first kappa shape index (κ1) is 14.7. The number of nitrogens with zero attached hydrogens (tertiary/aromatic N) is 1. The van der Waals surface area contributed by atoms with Gasteiger partial charge < -0.3 is 9.47 Å². The first-order chi connectivity index (χ1) is 9.46. The van der Waals surface area contributed by atoms with Gasteiger partial charge in [-0.25, -0.2) is 0 Å². The first-order valence-electron chi connectivity index (χ1n) is 7.32. The highest BCUT2D eigenvalue weighted by Gasteiger charge is 2.65. The maximum absolute atomic E-state index is 6.47. The lowest BCUT2D eigenvalue weighted by atomic mass is 9.75. The second kappa shape index (κ2) is 5.21. The molecule has 2 bridgehead atoms. The minimum absolute atomic E-state index is 0.00983. The molecular weight excluding hydrogens is 365 g/mol. The van der Waals surface area contributed by atoms with E-state index in [2.05, 4.69) is 48.3 Å². The van der Waals surface area contributed by atoms with E-state index in [0.29, 0.717) is 16.4 Å². The fourth-order valence-electron chi connectivity index (χ4n) is 3.56. The van der Waals surface area contributed by atoms with Gasteiger partial charge in [0, 0.05) is 16.5 Å². The summed E-state index contributed by atoms with van der Waals surface area (Å²) in [5, 5.41) is 0. The lowest BCUT2D eigenvalue weighted by molar-refractivity contribution is -0.0957. The fourth-order valence-corrected chi connectivity index (χ4v) is 5.54. The van der Waals surface area contributed by atoms with Crippen LogP contribution in [0.5, 0.6) is 0 Å². The number of rotatable bonds is 4. The Bertz CT molecular complexity index is 481. The third-order valence-electron chi connectivity index (χ3n) is 4.86. The molecule has 3 heterocycles. The van der Waals surface area contributed by atoms with Gasteiger partial charge in [0.15, 0.2) is 0 Å². The van der Waals surface area contributed by atoms with E-state index in [1.54, 1.807) is 0 Å². The van der Waals surface area contributed by atoms with Crippen LogP contribution in [-0.4, -0.2) is 26.2 Å². The number of hydrogen-bond donors (Lipinski definition) is 0. The molecule has 2 fully saturated rings. The number of aromatic nitrogens is 1. The van der Waals surface area contributed by atoms with Crippen molar-refractivity contribution in [1.82, 2.24) is 4.98 Å². The SMILES string of the molecule is CC(C)[C@]12C[C@@H](OCc3ccccn3)[C@](C)(C[C@@H]1I)O2. The summed E-state index contributed by atoms with van der Waals surface area (Å²) >= 11 is 2.56. The number of pyridine rings is 1. The summed E-state index contributed by atoms with van der Waals surface area (Å²) < 4.78 is 13.2. The second-order valence-electron chi connectivity index (χ2n) is 6.52. The van der Waals surface area contributed by atoms with Gasteiger partial charge in [-0.1, -0.05) is 42.5 Å². The van der Waals surface area contributed by atoms with E-state index in [0.717, 1.165) is 18.5 Å². The molecule has 2 saturated heterocycles. The maximum Gasteiger partial charge on any atom is 0.0935 e. The normalized spacial score (nSPS) is 39.6. The molecule has 20 heavy (non-hydrogen) atoms. The second-order valence-corrected chi connectivity index (χ2v) is 8.02. The number of ether oxygens (including phenoxy) is 2. The topological polar surface area (TPSA) is 31.4 Å². The van der Waals surface area contributed by atoms with Crippen molar-refractivity contribution in [3.63, 3.8) is 0 Å². The molecule has 2 aliphatic rings. The average Bonchev–Trinajstić information content (AvgIpc) is 2.85. The van der Waals surface area contributed by atoms with E-state index in [1.165, 1.54) is 0 Å². The Labute approximate surface area is 134 Å². The van der Waals surface area contributed by atoms with Crippen LogP contribution in [0, 0.1) is 5.92 Å². The molecule has 0 unspecified atom stereocenters. The van der Waals surface area contributed by atoms with Crippen LogP contribution >= 0.6 is 22.6 Å². The quantitative estimate of drug-likeness (QED) is 0.583. The molecule has 1 aromatic rings. The summed E-state index contributed by atoms with van der Waals surface area (Å²) in [5.41, 5.74) is 0.845. The summed E-state index contributed by atoms with van der Waals surface area (Å²) in [5.74, 6) is 0.523. The Balaban J connectivity index is 1.71. The van der Waals surface area contributed by atoms with Crippen molar-refractivity contribution in [2.45, 2.75) is 61.5 Å². The molecule has 1 aromatic heterocycles. The highest BCUT2D eigenvalue weighted by atomic mass is 127. The van der Waals surface area contributed by atoms with E-state index < -0.39 is 0 Å². The first-order valence-corrected chi connectivity index (χ1v) is 8.56. The summed E-state index contributed by atoms with van der Waals surface area (Å²) in [6, 6.07) is 5.94. The molecule has 110 valence electrons. The number of fused-ring (bicyclic) bond motifs is 2. The Morgan fingerprint density at radius 1 is 1.45 bits per heavy atom. The summed E-state index contributed by atoms with van der Waals surface area (Å²) in [7, 11) is 0. The monoisotopic (exact) mass is 387 g/mol. The van der Waals surface area contributed by atoms with Crippen LogP contribution in [-0.2, 0) is 16.1 Å². The molecule has 0 spiro atoms. The van der Waals surface area contributed by atoms with Crippen LogP contribution in [0.25, 0.3) is 0 Å². The molecule has 3 nitrogen and oxygen atoms in total. The van der Waals surface area contributed by atoms with Gasteiger partial charge in [0.1, 0.15) is 0 Å². The molecule has 0 amide bonds. The number of alkyl halides is 1. The predicted octanol–water partition coefficient (Wildman–Crippen LogP) is 3.75. The molecule has 4 heteroatoms. The molecule has 0 radical (unpaired) electrons. The predicted molar refractivity (Wildman–Crippen MR) is 86.9 cm³/mol. The van der Waals surface area contributed by atoms with Gasteiger partial charge in [-0.2, -0.15) is 0 Å². The van der Waals surface area contributed by atoms with Gasteiger partial charge >= 0.3 is 0 Å². The van der Waals surface area contributed by atoms with Crippen molar-refractivity contribution >= 4 is 22.6 Å². The van der Waals surface area contributed by atoms with Crippen LogP contribution in [0.3, 0.4) is 0 Å². The zero-order valence-electron chi connectivity index (χ0n) is 12.3. The van der Waals surface area contributed by atoms with Crippen molar-refractivity contribution < 1.29 is 9.47 Å². The summed E-state index contributed by atoms with van der Waals surface area (Å²) in [4.78, 5) is 4.32. The molecule has 4 atom stereocenters. The maximum atomic E-state index is 6.47. The average molecular weight is 387 g/mol. The minimum Gasteiger partial charge on any atom is -0.369 e. The van der Waals surface area contributed by atoms with Gasteiger partial charge in [0.05, 0.1) is 29.6 Å². The van der Waals surface area contributed by atoms with Gasteiger partial charge in [0.25, 0.3) is 0 Å². The van der Waals surface area contributed by atoms with Crippen LogP contribution < -0.4 is 0 Å². The highest BCUT2D eigenvalue weighted by molar-refractivity contribution is 14.1. The lowest BCUT2D eigenvalue weighted by Gasteiger charge is -2.35. The van der Waals surface area contributed by atoms with Crippen molar-refractivity contribution in [3.05, 3.63) is 30.1 Å². The Hall–Kier alpha value is -0.200. The number of halogens is 1. The molecule has 0 N–H and O–H groups in total. The molecule has 0 saturated carbocycles. The van der Waals surface area contributed by atoms with Crippen LogP contribution in [0.4, 0.5) is 0 Å². The van der Waals surface area contributed by atoms with Crippen molar-refractivity contribution in [2.24, 2.45) is 5.92 Å². The minimum atomic E-state index is -0.134.